The number of hydrogen-bond donors (Lipinski definition) is 1. The molecule has 0 amide bonds. The van der Waals surface area contributed by atoms with Crippen LogP contribution in [0.2, 0.25) is 0 Å². The van der Waals surface area contributed by atoms with Crippen molar-refractivity contribution in [2.24, 2.45) is 11.1 Å². The van der Waals surface area contributed by atoms with Crippen molar-refractivity contribution < 1.29 is 4.74 Å². The second-order valence-electron chi connectivity index (χ2n) is 4.02. The molecule has 0 spiro atoms. The van der Waals surface area contributed by atoms with Crippen LogP contribution in [0.1, 0.15) is 40.0 Å². The molecule has 2 heteroatoms. The maximum Gasteiger partial charge on any atom is 0.0465 e. The summed E-state index contributed by atoms with van der Waals surface area (Å²) in [6.07, 6.45) is 3.60. The molecule has 12 heavy (non-hydrogen) atoms. The fraction of sp³-hybridized carbons (Fsp3) is 1.00. The summed E-state index contributed by atoms with van der Waals surface area (Å²) in [6, 6.07) is 0. The zero-order valence-electron chi connectivity index (χ0n) is 8.73. The molecule has 0 aliphatic rings. The van der Waals surface area contributed by atoms with E-state index in [0.717, 1.165) is 26.2 Å². The highest BCUT2D eigenvalue weighted by molar-refractivity contribution is 4.68. The average molecular weight is 173 g/mol. The minimum absolute atomic E-state index is 0.312. The molecule has 0 bridgehead atoms. The molecule has 0 aliphatic heterocycles. The van der Waals surface area contributed by atoms with Crippen molar-refractivity contribution in [1.82, 2.24) is 0 Å². The smallest absolute Gasteiger partial charge is 0.0465 e. The predicted molar refractivity (Wildman–Crippen MR) is 53.2 cm³/mol. The average Bonchev–Trinajstić information content (AvgIpc) is 2.04. The summed E-state index contributed by atoms with van der Waals surface area (Å²) in [5.74, 6) is 0. The number of nitrogens with two attached hydrogens (primary N) is 1. The first-order chi connectivity index (χ1) is 5.62. The Morgan fingerprint density at radius 2 is 1.92 bits per heavy atom. The van der Waals surface area contributed by atoms with E-state index < -0.39 is 0 Å². The predicted octanol–water partition coefficient (Wildman–Crippen LogP) is 2.18. The van der Waals surface area contributed by atoms with Crippen LogP contribution in [-0.4, -0.2) is 19.8 Å². The van der Waals surface area contributed by atoms with Crippen molar-refractivity contribution in [1.29, 1.82) is 0 Å². The van der Waals surface area contributed by atoms with E-state index in [9.17, 15) is 0 Å². The van der Waals surface area contributed by atoms with E-state index in [2.05, 4.69) is 13.8 Å². The first-order valence-electron chi connectivity index (χ1n) is 4.90. The Bertz CT molecular complexity index is 102. The van der Waals surface area contributed by atoms with Crippen molar-refractivity contribution in [3.63, 3.8) is 0 Å². The van der Waals surface area contributed by atoms with E-state index in [-0.39, 0.29) is 0 Å². The molecule has 0 unspecified atom stereocenters. The minimum atomic E-state index is 0.312. The van der Waals surface area contributed by atoms with E-state index in [1.165, 1.54) is 12.8 Å². The number of rotatable bonds is 7. The lowest BCUT2D eigenvalue weighted by atomic mass is 9.87. The highest BCUT2D eigenvalue weighted by atomic mass is 16.5. The molecule has 0 aromatic carbocycles. The Morgan fingerprint density at radius 3 is 2.42 bits per heavy atom. The molecule has 0 fully saturated rings. The fourth-order valence-electron chi connectivity index (χ4n) is 1.05. The van der Waals surface area contributed by atoms with E-state index in [4.69, 9.17) is 10.5 Å². The molecule has 0 rings (SSSR count). The summed E-state index contributed by atoms with van der Waals surface area (Å²) in [7, 11) is 0. The van der Waals surface area contributed by atoms with Crippen LogP contribution in [0.25, 0.3) is 0 Å². The third-order valence-corrected chi connectivity index (χ3v) is 2.15. The van der Waals surface area contributed by atoms with E-state index in [0.29, 0.717) is 5.41 Å². The van der Waals surface area contributed by atoms with Gasteiger partial charge in [0.1, 0.15) is 0 Å². The van der Waals surface area contributed by atoms with Crippen LogP contribution >= 0.6 is 0 Å². The minimum Gasteiger partial charge on any atom is -0.382 e. The highest BCUT2D eigenvalue weighted by Gasteiger charge is 2.13. The van der Waals surface area contributed by atoms with Gasteiger partial charge in [-0.2, -0.15) is 0 Å². The van der Waals surface area contributed by atoms with E-state index in [1.807, 2.05) is 6.92 Å². The zero-order chi connectivity index (χ0) is 9.45. The molecule has 0 saturated carbocycles. The first kappa shape index (κ1) is 11.9. The van der Waals surface area contributed by atoms with Crippen LogP contribution in [0.4, 0.5) is 0 Å². The number of unbranched alkanes of at least 4 members (excludes halogenated alkanes) is 1. The van der Waals surface area contributed by atoms with Gasteiger partial charge in [0, 0.05) is 13.2 Å². The maximum absolute atomic E-state index is 5.62. The van der Waals surface area contributed by atoms with Gasteiger partial charge in [-0.1, -0.05) is 20.3 Å². The van der Waals surface area contributed by atoms with Gasteiger partial charge in [0.25, 0.3) is 0 Å². The second-order valence-corrected chi connectivity index (χ2v) is 4.02. The molecule has 0 heterocycles. The Morgan fingerprint density at radius 1 is 1.25 bits per heavy atom. The summed E-state index contributed by atoms with van der Waals surface area (Å²) in [6.45, 7) is 8.98. The van der Waals surface area contributed by atoms with Gasteiger partial charge in [0.15, 0.2) is 0 Å². The third kappa shape index (κ3) is 6.62. The summed E-state index contributed by atoms with van der Waals surface area (Å²) in [5.41, 5.74) is 5.93. The first-order valence-corrected chi connectivity index (χ1v) is 4.90. The molecule has 0 aromatic heterocycles. The Labute approximate surface area is 76.5 Å². The molecular weight excluding hydrogens is 150 g/mol. The van der Waals surface area contributed by atoms with Gasteiger partial charge in [-0.05, 0) is 31.7 Å². The van der Waals surface area contributed by atoms with Crippen molar-refractivity contribution in [3.8, 4) is 0 Å². The summed E-state index contributed by atoms with van der Waals surface area (Å²) in [4.78, 5) is 0. The van der Waals surface area contributed by atoms with Crippen LogP contribution < -0.4 is 5.73 Å². The van der Waals surface area contributed by atoms with Crippen molar-refractivity contribution >= 4 is 0 Å². The summed E-state index contributed by atoms with van der Waals surface area (Å²) in [5, 5.41) is 0. The Balaban J connectivity index is 3.19. The Hall–Kier alpha value is -0.0800. The largest absolute Gasteiger partial charge is 0.382 e. The highest BCUT2D eigenvalue weighted by Crippen LogP contribution is 2.20. The van der Waals surface area contributed by atoms with Crippen LogP contribution in [0.15, 0.2) is 0 Å². The van der Waals surface area contributed by atoms with Crippen molar-refractivity contribution in [2.75, 3.05) is 19.8 Å². The maximum atomic E-state index is 5.62. The van der Waals surface area contributed by atoms with E-state index >= 15 is 0 Å². The van der Waals surface area contributed by atoms with Crippen molar-refractivity contribution in [2.45, 2.75) is 40.0 Å². The van der Waals surface area contributed by atoms with Gasteiger partial charge in [-0.3, -0.25) is 0 Å². The molecule has 0 saturated heterocycles. The SMILES string of the molecule is CCOCCCCC(C)(C)CN. The lowest BCUT2D eigenvalue weighted by Crippen LogP contribution is -2.23. The lowest BCUT2D eigenvalue weighted by molar-refractivity contribution is 0.140. The molecule has 74 valence electrons. The zero-order valence-corrected chi connectivity index (χ0v) is 8.73. The molecule has 0 aromatic rings. The van der Waals surface area contributed by atoms with Crippen LogP contribution in [0.5, 0.6) is 0 Å². The standard InChI is InChI=1S/C10H23NO/c1-4-12-8-6-5-7-10(2,3)9-11/h4-9,11H2,1-3H3. The second kappa shape index (κ2) is 6.44. The van der Waals surface area contributed by atoms with Gasteiger partial charge >= 0.3 is 0 Å². The van der Waals surface area contributed by atoms with Gasteiger partial charge in [0.2, 0.25) is 0 Å². The summed E-state index contributed by atoms with van der Waals surface area (Å²) < 4.78 is 5.25. The monoisotopic (exact) mass is 173 g/mol. The molecular formula is C10H23NO. The van der Waals surface area contributed by atoms with Crippen molar-refractivity contribution in [3.05, 3.63) is 0 Å². The molecule has 0 aliphatic carbocycles. The quantitative estimate of drug-likeness (QED) is 0.599. The molecule has 0 atom stereocenters. The number of hydrogen-bond acceptors (Lipinski definition) is 2. The third-order valence-electron chi connectivity index (χ3n) is 2.15. The number of ether oxygens (including phenoxy) is 1. The molecule has 0 radical (unpaired) electrons. The van der Waals surface area contributed by atoms with E-state index in [1.54, 1.807) is 0 Å². The van der Waals surface area contributed by atoms with Gasteiger partial charge in [-0.25, -0.2) is 0 Å². The van der Waals surface area contributed by atoms with Crippen LogP contribution in [0.3, 0.4) is 0 Å². The van der Waals surface area contributed by atoms with Crippen LogP contribution in [-0.2, 0) is 4.74 Å². The molecule has 2 N–H and O–H groups in total. The topological polar surface area (TPSA) is 35.2 Å². The summed E-state index contributed by atoms with van der Waals surface area (Å²) >= 11 is 0. The lowest BCUT2D eigenvalue weighted by Gasteiger charge is -2.21. The normalized spacial score (nSPS) is 12.0. The van der Waals surface area contributed by atoms with Gasteiger partial charge < -0.3 is 10.5 Å². The van der Waals surface area contributed by atoms with Gasteiger partial charge in [-0.15, -0.1) is 0 Å². The molecule has 2 nitrogen and oxygen atoms in total. The van der Waals surface area contributed by atoms with Crippen LogP contribution in [0, 0.1) is 5.41 Å². The Kier molecular flexibility index (Phi) is 6.39. The fourth-order valence-corrected chi connectivity index (χ4v) is 1.05. The van der Waals surface area contributed by atoms with Gasteiger partial charge in [0.05, 0.1) is 0 Å².